The number of benzene rings is 1. The molecule has 3 aliphatic rings. The Bertz CT molecular complexity index is 920. The van der Waals surface area contributed by atoms with E-state index in [4.69, 9.17) is 11.2 Å². The summed E-state index contributed by atoms with van der Waals surface area (Å²) in [7, 11) is 3.48. The van der Waals surface area contributed by atoms with E-state index in [9.17, 15) is 14.0 Å². The molecule has 0 unspecified atom stereocenters. The van der Waals surface area contributed by atoms with Crippen molar-refractivity contribution < 1.29 is 18.7 Å². The van der Waals surface area contributed by atoms with Gasteiger partial charge in [0.15, 0.2) is 6.61 Å². The maximum atomic E-state index is 14.1. The molecule has 0 saturated carbocycles. The van der Waals surface area contributed by atoms with Gasteiger partial charge in [0.05, 0.1) is 0 Å². The van der Waals surface area contributed by atoms with Crippen LogP contribution in [0.4, 0.5) is 19.7 Å². The van der Waals surface area contributed by atoms with Crippen LogP contribution < -0.4 is 4.90 Å². The molecule has 0 aliphatic carbocycles. The second-order valence-electron chi connectivity index (χ2n) is 9.36. The highest BCUT2D eigenvalue weighted by Crippen LogP contribution is 2.47. The summed E-state index contributed by atoms with van der Waals surface area (Å²) in [5, 5.41) is 0. The Kier molecular flexibility index (Phi) is 6.29. The third-order valence-electron chi connectivity index (χ3n) is 7.05. The Balaban J connectivity index is 1.38. The summed E-state index contributed by atoms with van der Waals surface area (Å²) in [6.07, 6.45) is 7.52. The lowest BCUT2D eigenvalue weighted by atomic mass is 9.74. The number of fused-ring (bicyclic) bond motifs is 2. The van der Waals surface area contributed by atoms with Gasteiger partial charge in [-0.25, -0.2) is 14.0 Å². The Morgan fingerprint density at radius 2 is 2.03 bits per heavy atom. The van der Waals surface area contributed by atoms with Crippen molar-refractivity contribution in [1.29, 1.82) is 0 Å². The molecular weight excluding hydrogens is 411 g/mol. The number of hydrogen-bond donors (Lipinski definition) is 0. The van der Waals surface area contributed by atoms with Crippen molar-refractivity contribution in [1.82, 2.24) is 14.7 Å². The third-order valence-corrected chi connectivity index (χ3v) is 7.05. The predicted octanol–water partition coefficient (Wildman–Crippen LogP) is 2.75. The molecule has 0 radical (unpaired) electrons. The molecule has 3 heterocycles. The fraction of sp³-hybridized carbons (Fsp3) is 0.583. The van der Waals surface area contributed by atoms with E-state index in [1.165, 1.54) is 6.07 Å². The largest absolute Gasteiger partial charge is 0.436 e. The van der Waals surface area contributed by atoms with Crippen LogP contribution in [0.15, 0.2) is 18.2 Å². The van der Waals surface area contributed by atoms with E-state index in [2.05, 4.69) is 10.8 Å². The summed E-state index contributed by atoms with van der Waals surface area (Å²) >= 11 is 0. The van der Waals surface area contributed by atoms with E-state index in [0.29, 0.717) is 25.6 Å². The number of carbonyl (C=O) groups excluding carboxylic acids is 2. The minimum absolute atomic E-state index is 0.00359. The van der Waals surface area contributed by atoms with Crippen LogP contribution in [0.1, 0.15) is 24.8 Å². The lowest BCUT2D eigenvalue weighted by molar-refractivity contribution is 0.117. The molecule has 1 atom stereocenters. The van der Waals surface area contributed by atoms with Crippen LogP contribution in [0.25, 0.3) is 0 Å². The van der Waals surface area contributed by atoms with E-state index in [1.54, 1.807) is 40.9 Å². The van der Waals surface area contributed by atoms with E-state index in [1.807, 2.05) is 0 Å². The second kappa shape index (κ2) is 8.99. The monoisotopic (exact) mass is 442 g/mol. The summed E-state index contributed by atoms with van der Waals surface area (Å²) in [4.78, 5) is 32.3. The number of piperidine rings is 1. The van der Waals surface area contributed by atoms with Gasteiger partial charge in [0.25, 0.3) is 0 Å². The minimum Gasteiger partial charge on any atom is -0.436 e. The van der Waals surface area contributed by atoms with Crippen molar-refractivity contribution in [2.75, 3.05) is 64.9 Å². The molecule has 4 rings (SSSR count). The summed E-state index contributed by atoms with van der Waals surface area (Å²) in [5.74, 6) is 2.47. The number of hydrogen-bond acceptors (Lipinski definition) is 4. The third kappa shape index (κ3) is 4.26. The zero-order chi connectivity index (χ0) is 22.9. The van der Waals surface area contributed by atoms with Crippen LogP contribution >= 0.6 is 0 Å². The van der Waals surface area contributed by atoms with Gasteiger partial charge in [0.2, 0.25) is 0 Å². The van der Waals surface area contributed by atoms with Crippen LogP contribution in [0.2, 0.25) is 0 Å². The van der Waals surface area contributed by atoms with Gasteiger partial charge in [-0.15, -0.1) is 6.42 Å². The van der Waals surface area contributed by atoms with Crippen molar-refractivity contribution in [3.05, 3.63) is 29.6 Å². The van der Waals surface area contributed by atoms with Crippen molar-refractivity contribution in [3.8, 4) is 12.3 Å². The average molecular weight is 443 g/mol. The molecule has 172 valence electrons. The van der Waals surface area contributed by atoms with Crippen LogP contribution in [0, 0.1) is 24.1 Å². The van der Waals surface area contributed by atoms with Gasteiger partial charge in [-0.1, -0.05) is 5.92 Å². The number of terminal acetylenes is 1. The first-order valence-electron chi connectivity index (χ1n) is 11.2. The Morgan fingerprint density at radius 1 is 1.28 bits per heavy atom. The number of amides is 3. The summed E-state index contributed by atoms with van der Waals surface area (Å²) < 4.78 is 19.2. The number of halogens is 1. The average Bonchev–Trinajstić information content (AvgIpc) is 3.36. The van der Waals surface area contributed by atoms with Crippen molar-refractivity contribution in [3.63, 3.8) is 0 Å². The topological polar surface area (TPSA) is 56.3 Å². The Hall–Kier alpha value is -2.79. The van der Waals surface area contributed by atoms with Gasteiger partial charge in [-0.2, -0.15) is 0 Å². The highest BCUT2D eigenvalue weighted by molar-refractivity contribution is 5.95. The lowest BCUT2D eigenvalue weighted by Crippen LogP contribution is -2.48. The first-order chi connectivity index (χ1) is 15.3. The maximum Gasteiger partial charge on any atom is 0.410 e. The van der Waals surface area contributed by atoms with Crippen molar-refractivity contribution >= 4 is 17.8 Å². The fourth-order valence-corrected chi connectivity index (χ4v) is 5.35. The normalized spacial score (nSPS) is 22.0. The molecule has 1 spiro atoms. The molecule has 7 nitrogen and oxygen atoms in total. The van der Waals surface area contributed by atoms with Crippen LogP contribution in [-0.2, 0) is 10.2 Å². The Labute approximate surface area is 189 Å². The predicted molar refractivity (Wildman–Crippen MR) is 120 cm³/mol. The summed E-state index contributed by atoms with van der Waals surface area (Å²) in [6.45, 7) is 4.67. The maximum absolute atomic E-state index is 14.1. The number of urea groups is 1. The van der Waals surface area contributed by atoms with Crippen molar-refractivity contribution in [2.24, 2.45) is 5.92 Å². The molecule has 0 aromatic heterocycles. The number of anilines is 1. The lowest BCUT2D eigenvalue weighted by Gasteiger charge is -2.40. The number of ether oxygens (including phenoxy) is 1. The molecule has 2 fully saturated rings. The van der Waals surface area contributed by atoms with Crippen LogP contribution in [0.3, 0.4) is 0 Å². The highest BCUT2D eigenvalue weighted by atomic mass is 19.1. The van der Waals surface area contributed by atoms with E-state index >= 15 is 0 Å². The number of likely N-dealkylation sites (tertiary alicyclic amines) is 2. The molecule has 1 aromatic rings. The fourth-order valence-electron chi connectivity index (χ4n) is 5.35. The number of carbonyl (C=O) groups is 2. The first kappa shape index (κ1) is 22.4. The van der Waals surface area contributed by atoms with Gasteiger partial charge in [0, 0.05) is 51.4 Å². The SMILES string of the molecule is C#CCOC(=O)N1CC[C@@H](CN2CCC3(CC2)CN(C(=O)N(C)C)c2ccc(F)cc23)C1. The van der Waals surface area contributed by atoms with Gasteiger partial charge < -0.3 is 19.4 Å². The molecule has 1 aromatic carbocycles. The second-order valence-corrected chi connectivity index (χ2v) is 9.36. The molecular formula is C24H31FN4O3. The summed E-state index contributed by atoms with van der Waals surface area (Å²) in [5.41, 5.74) is 1.58. The highest BCUT2D eigenvalue weighted by Gasteiger charge is 2.47. The minimum atomic E-state index is -0.335. The van der Waals surface area contributed by atoms with Gasteiger partial charge >= 0.3 is 12.1 Å². The van der Waals surface area contributed by atoms with Crippen LogP contribution in [0.5, 0.6) is 0 Å². The quantitative estimate of drug-likeness (QED) is 0.676. The summed E-state index contributed by atoms with van der Waals surface area (Å²) in [6, 6.07) is 4.72. The smallest absolute Gasteiger partial charge is 0.410 e. The zero-order valence-corrected chi connectivity index (χ0v) is 18.8. The molecule has 32 heavy (non-hydrogen) atoms. The molecule has 3 aliphatic heterocycles. The van der Waals surface area contributed by atoms with Gasteiger partial charge in [0.1, 0.15) is 5.82 Å². The van der Waals surface area contributed by atoms with Gasteiger partial charge in [-0.05, 0) is 62.0 Å². The van der Waals surface area contributed by atoms with Crippen molar-refractivity contribution in [2.45, 2.75) is 24.7 Å². The molecule has 2 saturated heterocycles. The first-order valence-corrected chi connectivity index (χ1v) is 11.2. The van der Waals surface area contributed by atoms with Crippen LogP contribution in [-0.4, -0.2) is 86.8 Å². The zero-order valence-electron chi connectivity index (χ0n) is 18.8. The molecule has 8 heteroatoms. The number of nitrogens with zero attached hydrogens (tertiary/aromatic N) is 4. The van der Waals surface area contributed by atoms with E-state index in [0.717, 1.165) is 50.1 Å². The van der Waals surface area contributed by atoms with E-state index < -0.39 is 0 Å². The molecule has 0 bridgehead atoms. The van der Waals surface area contributed by atoms with E-state index in [-0.39, 0.29) is 30.0 Å². The number of rotatable bonds is 3. The Morgan fingerprint density at radius 3 is 2.72 bits per heavy atom. The molecule has 0 N–H and O–H groups in total. The standard InChI is InChI=1S/C24H31FN4O3/c1-4-13-32-23(31)28-10-7-18(16-28)15-27-11-8-24(9-12-27)17-29(22(30)26(2)3)21-6-5-19(25)14-20(21)24/h1,5-6,14,18H,7-13,15-17H2,2-3H3/t18-/m0/s1. The van der Waals surface area contributed by atoms with Gasteiger partial charge in [-0.3, -0.25) is 4.90 Å². The molecule has 3 amide bonds.